The number of aromatic nitrogens is 2. The molecule has 1 saturated carbocycles. The van der Waals surface area contributed by atoms with Crippen molar-refractivity contribution in [1.29, 1.82) is 0 Å². The number of halogens is 1. The van der Waals surface area contributed by atoms with Gasteiger partial charge in [-0.2, -0.15) is 5.10 Å². The van der Waals surface area contributed by atoms with Crippen molar-refractivity contribution in [2.75, 3.05) is 0 Å². The summed E-state index contributed by atoms with van der Waals surface area (Å²) in [7, 11) is 0. The third kappa shape index (κ3) is 3.83. The fraction of sp³-hybridized carbons (Fsp3) is 0.348. The van der Waals surface area contributed by atoms with Gasteiger partial charge in [0.05, 0.1) is 29.1 Å². The number of hydrogen-bond donors (Lipinski definition) is 3. The zero-order valence-electron chi connectivity index (χ0n) is 16.3. The van der Waals surface area contributed by atoms with E-state index in [2.05, 4.69) is 0 Å². The molecule has 0 aliphatic heterocycles. The molecule has 1 aliphatic rings. The minimum absolute atomic E-state index is 0.0295. The van der Waals surface area contributed by atoms with Crippen LogP contribution in [0.1, 0.15) is 42.5 Å². The van der Waals surface area contributed by atoms with Gasteiger partial charge in [-0.15, -0.1) is 0 Å². The van der Waals surface area contributed by atoms with Crippen molar-refractivity contribution in [1.82, 2.24) is 9.78 Å². The Morgan fingerprint density at radius 3 is 2.28 bits per heavy atom. The maximum absolute atomic E-state index is 11.3. The number of aryl methyl sites for hydroxylation is 1. The van der Waals surface area contributed by atoms with E-state index in [1.165, 1.54) is 0 Å². The predicted molar refractivity (Wildman–Crippen MR) is 113 cm³/mol. The first-order valence-corrected chi connectivity index (χ1v) is 10.3. The van der Waals surface area contributed by atoms with E-state index in [9.17, 15) is 15.3 Å². The van der Waals surface area contributed by atoms with Crippen molar-refractivity contribution in [3.05, 3.63) is 70.4 Å². The SMILES string of the molecule is Cc1ccc(-c2c(Cl)c(C3(O)CCC(O)CC3)nn2-c2ccc(CO)cc2)cc1. The Hall–Kier alpha value is -2.18. The molecule has 0 bridgehead atoms. The lowest BCUT2D eigenvalue weighted by molar-refractivity contribution is -0.0392. The average molecular weight is 413 g/mol. The molecule has 1 fully saturated rings. The average Bonchev–Trinajstić information content (AvgIpc) is 3.09. The van der Waals surface area contributed by atoms with E-state index in [0.29, 0.717) is 36.4 Å². The molecule has 4 rings (SSSR count). The van der Waals surface area contributed by atoms with Crippen LogP contribution in [0.25, 0.3) is 16.9 Å². The first-order chi connectivity index (χ1) is 13.9. The largest absolute Gasteiger partial charge is 0.393 e. The molecule has 29 heavy (non-hydrogen) atoms. The maximum Gasteiger partial charge on any atom is 0.114 e. The molecule has 1 aliphatic carbocycles. The normalized spacial score (nSPS) is 22.0. The smallest absolute Gasteiger partial charge is 0.114 e. The van der Waals surface area contributed by atoms with Crippen LogP contribution in [0.15, 0.2) is 48.5 Å². The number of hydrogen-bond acceptors (Lipinski definition) is 4. The molecule has 5 nitrogen and oxygen atoms in total. The maximum atomic E-state index is 11.3. The number of rotatable bonds is 4. The van der Waals surface area contributed by atoms with Crippen molar-refractivity contribution >= 4 is 11.6 Å². The highest BCUT2D eigenvalue weighted by molar-refractivity contribution is 6.34. The zero-order chi connectivity index (χ0) is 20.6. The van der Waals surface area contributed by atoms with Crippen molar-refractivity contribution in [2.45, 2.75) is 50.9 Å². The molecular formula is C23H25ClN2O3. The molecule has 3 aromatic rings. The number of benzene rings is 2. The van der Waals surface area contributed by atoms with Crippen LogP contribution in [-0.2, 0) is 12.2 Å². The van der Waals surface area contributed by atoms with Gasteiger partial charge in [-0.25, -0.2) is 4.68 Å². The molecular weight excluding hydrogens is 388 g/mol. The van der Waals surface area contributed by atoms with Crippen LogP contribution in [0, 0.1) is 6.92 Å². The van der Waals surface area contributed by atoms with Gasteiger partial charge in [-0.3, -0.25) is 0 Å². The van der Waals surface area contributed by atoms with Crippen LogP contribution in [0.3, 0.4) is 0 Å². The molecule has 0 radical (unpaired) electrons. The molecule has 1 aromatic heterocycles. The fourth-order valence-corrected chi connectivity index (χ4v) is 4.31. The van der Waals surface area contributed by atoms with E-state index >= 15 is 0 Å². The Labute approximate surface area is 175 Å². The van der Waals surface area contributed by atoms with Crippen LogP contribution >= 0.6 is 11.6 Å². The molecule has 0 saturated heterocycles. The minimum Gasteiger partial charge on any atom is -0.393 e. The quantitative estimate of drug-likeness (QED) is 0.602. The van der Waals surface area contributed by atoms with Crippen molar-refractivity contribution < 1.29 is 15.3 Å². The monoisotopic (exact) mass is 412 g/mol. The lowest BCUT2D eigenvalue weighted by Crippen LogP contribution is -2.34. The van der Waals surface area contributed by atoms with Crippen molar-refractivity contribution in [2.24, 2.45) is 0 Å². The van der Waals surface area contributed by atoms with Gasteiger partial charge >= 0.3 is 0 Å². The second-order valence-electron chi connectivity index (χ2n) is 7.88. The van der Waals surface area contributed by atoms with Gasteiger partial charge in [0.1, 0.15) is 11.3 Å². The minimum atomic E-state index is -1.16. The van der Waals surface area contributed by atoms with E-state index in [1.807, 2.05) is 55.5 Å². The summed E-state index contributed by atoms with van der Waals surface area (Å²) in [6, 6.07) is 15.5. The predicted octanol–water partition coefficient (Wildman–Crippen LogP) is 4.12. The van der Waals surface area contributed by atoms with Gasteiger partial charge in [0.2, 0.25) is 0 Å². The Kier molecular flexibility index (Phi) is 5.49. The molecule has 2 aromatic carbocycles. The van der Waals surface area contributed by atoms with Crippen LogP contribution in [-0.4, -0.2) is 31.2 Å². The summed E-state index contributed by atoms with van der Waals surface area (Å²) in [5.74, 6) is 0. The summed E-state index contributed by atoms with van der Waals surface area (Å²) in [4.78, 5) is 0. The van der Waals surface area contributed by atoms with Crippen LogP contribution in [0.4, 0.5) is 0 Å². The van der Waals surface area contributed by atoms with Gasteiger partial charge in [0.25, 0.3) is 0 Å². The summed E-state index contributed by atoms with van der Waals surface area (Å²) in [5.41, 5.74) is 3.67. The highest BCUT2D eigenvalue weighted by atomic mass is 35.5. The molecule has 0 spiro atoms. The van der Waals surface area contributed by atoms with Crippen molar-refractivity contribution in [3.63, 3.8) is 0 Å². The number of aliphatic hydroxyl groups is 3. The van der Waals surface area contributed by atoms with Crippen molar-refractivity contribution in [3.8, 4) is 16.9 Å². The Morgan fingerprint density at radius 1 is 1.07 bits per heavy atom. The summed E-state index contributed by atoms with van der Waals surface area (Å²) in [6.07, 6.45) is 1.48. The second kappa shape index (κ2) is 7.92. The number of aliphatic hydroxyl groups excluding tert-OH is 2. The Balaban J connectivity index is 1.87. The van der Waals surface area contributed by atoms with Gasteiger partial charge < -0.3 is 15.3 Å². The summed E-state index contributed by atoms with van der Waals surface area (Å²) in [5, 5.41) is 35.7. The summed E-state index contributed by atoms with van der Waals surface area (Å²) < 4.78 is 1.76. The number of nitrogens with zero attached hydrogens (tertiary/aromatic N) is 2. The van der Waals surface area contributed by atoms with Crippen LogP contribution in [0.2, 0.25) is 5.02 Å². The third-order valence-corrected chi connectivity index (χ3v) is 6.10. The summed E-state index contributed by atoms with van der Waals surface area (Å²) >= 11 is 6.83. The highest BCUT2D eigenvalue weighted by Gasteiger charge is 2.39. The molecule has 152 valence electrons. The van der Waals surface area contributed by atoms with E-state index < -0.39 is 11.7 Å². The fourth-order valence-electron chi connectivity index (χ4n) is 3.90. The van der Waals surface area contributed by atoms with Crippen LogP contribution < -0.4 is 0 Å². The molecule has 1 heterocycles. The lowest BCUT2D eigenvalue weighted by Gasteiger charge is -2.33. The standard InChI is InChI=1S/C23H25ClN2O3/c1-15-2-6-17(7-3-15)21-20(24)22(23(29)12-10-19(28)11-13-23)25-26(21)18-8-4-16(14-27)5-9-18/h2-9,19,27-29H,10-14H2,1H3. The van der Waals surface area contributed by atoms with Gasteiger partial charge in [0.15, 0.2) is 0 Å². The van der Waals surface area contributed by atoms with Gasteiger partial charge in [-0.1, -0.05) is 53.6 Å². The molecule has 0 amide bonds. The molecule has 0 unspecified atom stereocenters. The van der Waals surface area contributed by atoms with Gasteiger partial charge in [-0.05, 0) is 50.3 Å². The van der Waals surface area contributed by atoms with E-state index in [-0.39, 0.29) is 6.61 Å². The first kappa shape index (κ1) is 20.1. The Morgan fingerprint density at radius 2 is 1.69 bits per heavy atom. The first-order valence-electron chi connectivity index (χ1n) is 9.88. The Bertz CT molecular complexity index is 988. The topological polar surface area (TPSA) is 78.5 Å². The van der Waals surface area contributed by atoms with E-state index in [0.717, 1.165) is 28.1 Å². The molecule has 6 heteroatoms. The van der Waals surface area contributed by atoms with E-state index in [1.54, 1.807) is 4.68 Å². The third-order valence-electron chi connectivity index (χ3n) is 5.74. The lowest BCUT2D eigenvalue weighted by atomic mass is 9.81. The van der Waals surface area contributed by atoms with E-state index in [4.69, 9.17) is 16.7 Å². The second-order valence-corrected chi connectivity index (χ2v) is 8.25. The van der Waals surface area contributed by atoms with Crippen LogP contribution in [0.5, 0.6) is 0 Å². The molecule has 0 atom stereocenters. The zero-order valence-corrected chi connectivity index (χ0v) is 17.1. The van der Waals surface area contributed by atoms with Gasteiger partial charge in [0, 0.05) is 5.56 Å². The highest BCUT2D eigenvalue weighted by Crippen LogP contribution is 2.43. The summed E-state index contributed by atoms with van der Waals surface area (Å²) in [6.45, 7) is 2.00. The molecule has 3 N–H and O–H groups in total.